The van der Waals surface area contributed by atoms with Crippen LogP contribution in [0.1, 0.15) is 30.0 Å². The number of phenolic OH excluding ortho intramolecular Hbond substituents is 1. The van der Waals surface area contributed by atoms with Crippen LogP contribution in [0.4, 0.5) is 4.39 Å². The smallest absolute Gasteiger partial charge is 0.253 e. The zero-order chi connectivity index (χ0) is 17.9. The minimum atomic E-state index is -1.40. The van der Waals surface area contributed by atoms with Crippen LogP contribution in [0.2, 0.25) is 5.02 Å². The summed E-state index contributed by atoms with van der Waals surface area (Å²) in [5.41, 5.74) is 6.90. The fraction of sp³-hybridized carbons (Fsp3) is 0.562. The second-order valence-electron chi connectivity index (χ2n) is 6.02. The molecule has 1 saturated heterocycles. The third kappa shape index (κ3) is 3.97. The molecule has 1 unspecified atom stereocenters. The number of aliphatic hydroxyl groups excluding tert-OH is 2. The number of hydrogen-bond donors (Lipinski definition) is 4. The van der Waals surface area contributed by atoms with Crippen molar-refractivity contribution in [2.75, 3.05) is 19.7 Å². The first-order valence-electron chi connectivity index (χ1n) is 7.79. The summed E-state index contributed by atoms with van der Waals surface area (Å²) in [7, 11) is 0. The number of aliphatic hydroxyl groups is 2. The number of alkyl halides is 1. The van der Waals surface area contributed by atoms with E-state index in [4.69, 9.17) is 22.4 Å². The van der Waals surface area contributed by atoms with Gasteiger partial charge in [-0.2, -0.15) is 0 Å². The van der Waals surface area contributed by atoms with Gasteiger partial charge in [0.1, 0.15) is 12.4 Å². The van der Waals surface area contributed by atoms with E-state index in [0.29, 0.717) is 31.5 Å². The fourth-order valence-corrected chi connectivity index (χ4v) is 3.23. The van der Waals surface area contributed by atoms with Crippen LogP contribution in [0.5, 0.6) is 5.75 Å². The molecule has 1 aliphatic heterocycles. The lowest BCUT2D eigenvalue weighted by molar-refractivity contribution is -0.143. The van der Waals surface area contributed by atoms with Gasteiger partial charge in [0, 0.05) is 35.3 Å². The van der Waals surface area contributed by atoms with Crippen LogP contribution in [-0.4, -0.2) is 51.9 Å². The van der Waals surface area contributed by atoms with E-state index in [1.807, 2.05) is 0 Å². The molecule has 24 heavy (non-hydrogen) atoms. The molecule has 134 valence electrons. The highest BCUT2D eigenvalue weighted by atomic mass is 35.5. The molecule has 1 fully saturated rings. The quantitative estimate of drug-likeness (QED) is 0.629. The number of amides is 1. The number of halogens is 2. The summed E-state index contributed by atoms with van der Waals surface area (Å²) in [5, 5.41) is 28.5. The van der Waals surface area contributed by atoms with Crippen LogP contribution in [-0.2, 0) is 11.5 Å². The van der Waals surface area contributed by atoms with Gasteiger partial charge in [0.15, 0.2) is 6.10 Å². The monoisotopic (exact) mass is 360 g/mol. The number of likely N-dealkylation sites (tertiary alicyclic amines) is 1. The average Bonchev–Trinajstić information content (AvgIpc) is 2.61. The summed E-state index contributed by atoms with van der Waals surface area (Å²) in [6.07, 6.45) is -0.216. The maximum Gasteiger partial charge on any atom is 0.253 e. The first kappa shape index (κ1) is 18.9. The molecular weight excluding hydrogens is 339 g/mol. The van der Waals surface area contributed by atoms with E-state index in [0.717, 1.165) is 0 Å². The Hall–Kier alpha value is -1.41. The van der Waals surface area contributed by atoms with E-state index in [1.54, 1.807) is 0 Å². The Balaban J connectivity index is 2.04. The second-order valence-corrected chi connectivity index (χ2v) is 6.43. The van der Waals surface area contributed by atoms with Crippen molar-refractivity contribution in [2.24, 2.45) is 11.7 Å². The molecule has 0 bridgehead atoms. The molecule has 1 aliphatic rings. The highest BCUT2D eigenvalue weighted by molar-refractivity contribution is 6.31. The van der Waals surface area contributed by atoms with Crippen LogP contribution < -0.4 is 5.73 Å². The molecule has 6 nitrogen and oxygen atoms in total. The molecule has 2 atom stereocenters. The van der Waals surface area contributed by atoms with Gasteiger partial charge in [0.05, 0.1) is 6.61 Å². The molecule has 1 heterocycles. The Bertz CT molecular complexity index is 594. The highest BCUT2D eigenvalue weighted by Crippen LogP contribution is 2.36. The Morgan fingerprint density at radius 3 is 2.58 bits per heavy atom. The summed E-state index contributed by atoms with van der Waals surface area (Å²) in [5.74, 6) is -0.574. The number of benzene rings is 1. The van der Waals surface area contributed by atoms with Gasteiger partial charge in [0.25, 0.3) is 5.91 Å². The average molecular weight is 361 g/mol. The summed E-state index contributed by atoms with van der Waals surface area (Å²) >= 11 is 5.99. The summed E-state index contributed by atoms with van der Waals surface area (Å²) < 4.78 is 12.8. The number of nitrogens with two attached hydrogens (primary N) is 1. The van der Waals surface area contributed by atoms with Crippen molar-refractivity contribution < 1.29 is 24.5 Å². The lowest BCUT2D eigenvalue weighted by Gasteiger charge is -2.35. The molecule has 5 N–H and O–H groups in total. The van der Waals surface area contributed by atoms with Crippen molar-refractivity contribution in [1.82, 2.24) is 4.90 Å². The SMILES string of the molecule is N[C@@H](c1cc(Cl)c(CF)cc1O)C1CCN(C(=O)C(O)CO)CC1. The summed E-state index contributed by atoms with van der Waals surface area (Å²) in [6.45, 7) is -0.558. The first-order chi connectivity index (χ1) is 11.4. The number of carbonyl (C=O) groups excluding carboxylic acids is 1. The van der Waals surface area contributed by atoms with E-state index in [2.05, 4.69) is 0 Å². The molecule has 0 radical (unpaired) electrons. The standard InChI is InChI=1S/C16H22ClFN2O4/c17-12-6-11(13(22)5-10(12)7-18)15(19)9-1-3-20(4-2-9)16(24)14(23)8-21/h5-6,9,14-15,21-23H,1-4,7-8,19H2/t14?,15-/m1/s1. The van der Waals surface area contributed by atoms with E-state index < -0.39 is 31.3 Å². The third-order valence-electron chi connectivity index (χ3n) is 4.52. The predicted octanol–water partition coefficient (Wildman–Crippen LogP) is 1.11. The van der Waals surface area contributed by atoms with Gasteiger partial charge in [-0.15, -0.1) is 0 Å². The van der Waals surface area contributed by atoms with Crippen molar-refractivity contribution >= 4 is 17.5 Å². The number of aromatic hydroxyl groups is 1. The minimum Gasteiger partial charge on any atom is -0.508 e. The normalized spacial score (nSPS) is 18.5. The lowest BCUT2D eigenvalue weighted by Crippen LogP contribution is -2.46. The Morgan fingerprint density at radius 1 is 1.42 bits per heavy atom. The highest BCUT2D eigenvalue weighted by Gasteiger charge is 2.31. The first-order valence-corrected chi connectivity index (χ1v) is 8.17. The summed E-state index contributed by atoms with van der Waals surface area (Å²) in [6, 6.07) is 2.29. The fourth-order valence-electron chi connectivity index (χ4n) is 3.01. The van der Waals surface area contributed by atoms with Gasteiger partial charge in [-0.05, 0) is 30.9 Å². The molecule has 1 amide bonds. The van der Waals surface area contributed by atoms with Crippen molar-refractivity contribution in [1.29, 1.82) is 0 Å². The number of hydrogen-bond acceptors (Lipinski definition) is 5. The van der Waals surface area contributed by atoms with E-state index in [-0.39, 0.29) is 22.3 Å². The van der Waals surface area contributed by atoms with Crippen LogP contribution in [0.3, 0.4) is 0 Å². The van der Waals surface area contributed by atoms with Crippen LogP contribution in [0.15, 0.2) is 12.1 Å². The predicted molar refractivity (Wildman–Crippen MR) is 87.3 cm³/mol. The molecular formula is C16H22ClFN2O4. The van der Waals surface area contributed by atoms with Crippen molar-refractivity contribution in [2.45, 2.75) is 31.7 Å². The largest absolute Gasteiger partial charge is 0.508 e. The molecule has 2 rings (SSSR count). The molecule has 8 heteroatoms. The Kier molecular flexibility index (Phi) is 6.40. The number of piperidine rings is 1. The summed E-state index contributed by atoms with van der Waals surface area (Å²) in [4.78, 5) is 13.3. The van der Waals surface area contributed by atoms with Crippen molar-refractivity contribution in [3.8, 4) is 5.75 Å². The number of phenols is 1. The number of carbonyl (C=O) groups is 1. The van der Waals surface area contributed by atoms with Crippen molar-refractivity contribution in [3.63, 3.8) is 0 Å². The van der Waals surface area contributed by atoms with Gasteiger partial charge in [-0.25, -0.2) is 4.39 Å². The van der Waals surface area contributed by atoms with Crippen LogP contribution in [0, 0.1) is 5.92 Å². The lowest BCUT2D eigenvalue weighted by atomic mass is 9.85. The maximum atomic E-state index is 12.8. The molecule has 1 aromatic carbocycles. The van der Waals surface area contributed by atoms with Gasteiger partial charge < -0.3 is 26.0 Å². The third-order valence-corrected chi connectivity index (χ3v) is 4.87. The second kappa shape index (κ2) is 8.11. The molecule has 0 spiro atoms. The molecule has 0 saturated carbocycles. The van der Waals surface area contributed by atoms with Gasteiger partial charge in [-0.1, -0.05) is 11.6 Å². The van der Waals surface area contributed by atoms with Gasteiger partial charge in [0.2, 0.25) is 0 Å². The molecule has 0 aromatic heterocycles. The van der Waals surface area contributed by atoms with Crippen molar-refractivity contribution in [3.05, 3.63) is 28.3 Å². The van der Waals surface area contributed by atoms with Gasteiger partial charge >= 0.3 is 0 Å². The van der Waals surface area contributed by atoms with E-state index in [1.165, 1.54) is 17.0 Å². The van der Waals surface area contributed by atoms with E-state index in [9.17, 15) is 19.4 Å². The van der Waals surface area contributed by atoms with E-state index >= 15 is 0 Å². The zero-order valence-corrected chi connectivity index (χ0v) is 13.9. The number of rotatable bonds is 5. The van der Waals surface area contributed by atoms with Crippen LogP contribution in [0.25, 0.3) is 0 Å². The topological polar surface area (TPSA) is 107 Å². The number of nitrogens with zero attached hydrogens (tertiary/aromatic N) is 1. The molecule has 0 aliphatic carbocycles. The Labute approximate surface area is 144 Å². The minimum absolute atomic E-state index is 0.0125. The Morgan fingerprint density at radius 2 is 2.04 bits per heavy atom. The maximum absolute atomic E-state index is 12.8. The van der Waals surface area contributed by atoms with Gasteiger partial charge in [-0.3, -0.25) is 4.79 Å². The van der Waals surface area contributed by atoms with Crippen LogP contribution >= 0.6 is 11.6 Å². The zero-order valence-electron chi connectivity index (χ0n) is 13.2. The molecule has 1 aromatic rings.